The number of aromatic hydroxyl groups is 2. The highest BCUT2D eigenvalue weighted by molar-refractivity contribution is 5.92. The number of rotatable bonds is 9. The summed E-state index contributed by atoms with van der Waals surface area (Å²) in [6.07, 6.45) is 3.32. The molecule has 0 saturated heterocycles. The van der Waals surface area contributed by atoms with Crippen molar-refractivity contribution in [3.63, 3.8) is 0 Å². The number of benzene rings is 2. The first kappa shape index (κ1) is 27.0. The number of hydrogen-bond acceptors (Lipinski definition) is 5. The van der Waals surface area contributed by atoms with Crippen LogP contribution in [0, 0.1) is 11.8 Å². The molecule has 0 aliphatic carbocycles. The van der Waals surface area contributed by atoms with Crippen LogP contribution in [0.25, 0.3) is 0 Å². The van der Waals surface area contributed by atoms with Gasteiger partial charge in [-0.05, 0) is 48.7 Å². The highest BCUT2D eigenvalue weighted by atomic mass is 16.5. The molecule has 2 rings (SSSR count). The number of esters is 1. The summed E-state index contributed by atoms with van der Waals surface area (Å²) in [6.45, 7) is 10.2. The molecule has 0 heterocycles. The van der Waals surface area contributed by atoms with Gasteiger partial charge in [-0.25, -0.2) is 0 Å². The molecule has 3 N–H and O–H groups in total. The number of phenolic OH excluding ortho intramolecular Hbond substituents is 2. The molecule has 0 aromatic heterocycles. The molecule has 1 unspecified atom stereocenters. The molecular weight excluding hydrogens is 406 g/mol. The number of anilines is 1. The molecular formula is C26H37NO5. The zero-order valence-electron chi connectivity index (χ0n) is 19.9. The van der Waals surface area contributed by atoms with Crippen molar-refractivity contribution in [3.8, 4) is 11.5 Å². The zero-order valence-corrected chi connectivity index (χ0v) is 19.9. The fraction of sp³-hybridized carbons (Fsp3) is 0.462. The van der Waals surface area contributed by atoms with Crippen LogP contribution in [0.3, 0.4) is 0 Å². The number of phenols is 2. The van der Waals surface area contributed by atoms with E-state index >= 15 is 0 Å². The number of amides is 1. The third kappa shape index (κ3) is 9.86. The summed E-state index contributed by atoms with van der Waals surface area (Å²) in [5.74, 6) is 0.157. The van der Waals surface area contributed by atoms with Crippen LogP contribution in [0.1, 0.15) is 65.0 Å². The first-order valence-electron chi connectivity index (χ1n) is 11.2. The quantitative estimate of drug-likeness (QED) is 0.264. The van der Waals surface area contributed by atoms with Gasteiger partial charge in [0.25, 0.3) is 0 Å². The monoisotopic (exact) mass is 443 g/mol. The summed E-state index contributed by atoms with van der Waals surface area (Å²) in [4.78, 5) is 22.7. The van der Waals surface area contributed by atoms with E-state index in [9.17, 15) is 19.8 Å². The highest BCUT2D eigenvalue weighted by Gasteiger charge is 2.11. The van der Waals surface area contributed by atoms with Crippen LogP contribution in [0.2, 0.25) is 0 Å². The smallest absolute Gasteiger partial charge is 0.308 e. The van der Waals surface area contributed by atoms with Crippen LogP contribution in [0.5, 0.6) is 11.5 Å². The standard InChI is InChI=1S/C18H21NO3.C8H16O2/c1-3-12(2)18(22)19-15-6-4-5-13(10-15)9-14-11-16(20)7-8-17(14)21;1-4-5-6-10-8(9)7(2)3/h4-8,10-12,20-21H,3,9H2,1-2H3,(H,19,22);7H,4-6H2,1-3H3. The van der Waals surface area contributed by atoms with E-state index in [1.165, 1.54) is 12.1 Å². The van der Waals surface area contributed by atoms with Crippen molar-refractivity contribution < 1.29 is 24.5 Å². The molecule has 2 aromatic carbocycles. The van der Waals surface area contributed by atoms with Crippen molar-refractivity contribution in [2.75, 3.05) is 11.9 Å². The molecule has 2 aromatic rings. The van der Waals surface area contributed by atoms with Gasteiger partial charge in [0.15, 0.2) is 0 Å². The second-order valence-electron chi connectivity index (χ2n) is 8.16. The first-order valence-corrected chi connectivity index (χ1v) is 11.2. The van der Waals surface area contributed by atoms with Crippen LogP contribution in [-0.2, 0) is 20.7 Å². The molecule has 0 saturated carbocycles. The molecule has 0 spiro atoms. The van der Waals surface area contributed by atoms with Crippen molar-refractivity contribution in [1.82, 2.24) is 0 Å². The molecule has 0 aliphatic heterocycles. The summed E-state index contributed by atoms with van der Waals surface area (Å²) in [7, 11) is 0. The van der Waals surface area contributed by atoms with Gasteiger partial charge in [0.2, 0.25) is 5.91 Å². The van der Waals surface area contributed by atoms with E-state index in [0.717, 1.165) is 30.5 Å². The normalized spacial score (nSPS) is 11.3. The van der Waals surface area contributed by atoms with Crippen molar-refractivity contribution in [3.05, 3.63) is 53.6 Å². The SMILES string of the molecule is CCC(C)C(=O)Nc1cccc(Cc2cc(O)ccc2O)c1.CCCCOC(=O)C(C)C. The third-order valence-electron chi connectivity index (χ3n) is 4.93. The lowest BCUT2D eigenvalue weighted by Crippen LogP contribution is -2.19. The maximum Gasteiger partial charge on any atom is 0.308 e. The largest absolute Gasteiger partial charge is 0.508 e. The Morgan fingerprint density at radius 1 is 1.03 bits per heavy atom. The van der Waals surface area contributed by atoms with Crippen molar-refractivity contribution in [2.24, 2.45) is 11.8 Å². The van der Waals surface area contributed by atoms with E-state index < -0.39 is 0 Å². The summed E-state index contributed by atoms with van der Waals surface area (Å²) >= 11 is 0. The van der Waals surface area contributed by atoms with Crippen LogP contribution in [0.15, 0.2) is 42.5 Å². The minimum absolute atomic E-state index is 0.000136. The number of nitrogens with one attached hydrogen (secondary N) is 1. The highest BCUT2D eigenvalue weighted by Crippen LogP contribution is 2.25. The predicted octanol–water partition coefficient (Wildman–Crippen LogP) is 5.66. The van der Waals surface area contributed by atoms with Crippen LogP contribution < -0.4 is 5.32 Å². The second-order valence-corrected chi connectivity index (χ2v) is 8.16. The van der Waals surface area contributed by atoms with Gasteiger partial charge in [0.05, 0.1) is 12.5 Å². The summed E-state index contributed by atoms with van der Waals surface area (Å²) in [6, 6.07) is 12.0. The van der Waals surface area contributed by atoms with Gasteiger partial charge in [-0.3, -0.25) is 9.59 Å². The lowest BCUT2D eigenvalue weighted by atomic mass is 10.0. The predicted molar refractivity (Wildman–Crippen MR) is 128 cm³/mol. The minimum atomic E-state index is -0.0894. The molecule has 32 heavy (non-hydrogen) atoms. The maximum absolute atomic E-state index is 11.9. The van der Waals surface area contributed by atoms with E-state index in [-0.39, 0.29) is 35.2 Å². The number of ether oxygens (including phenoxy) is 1. The molecule has 6 nitrogen and oxygen atoms in total. The van der Waals surface area contributed by atoms with Gasteiger partial charge in [-0.15, -0.1) is 0 Å². The average Bonchev–Trinajstić information content (AvgIpc) is 2.76. The Kier molecular flexibility index (Phi) is 11.9. The van der Waals surface area contributed by atoms with Gasteiger partial charge in [-0.1, -0.05) is 53.2 Å². The molecule has 0 radical (unpaired) electrons. The third-order valence-corrected chi connectivity index (χ3v) is 4.93. The van der Waals surface area contributed by atoms with E-state index in [4.69, 9.17) is 4.74 Å². The van der Waals surface area contributed by atoms with Crippen LogP contribution in [-0.4, -0.2) is 28.7 Å². The van der Waals surface area contributed by atoms with E-state index in [1.54, 1.807) is 6.07 Å². The van der Waals surface area contributed by atoms with Crippen LogP contribution in [0.4, 0.5) is 5.69 Å². The Bertz CT molecular complexity index is 863. The Balaban J connectivity index is 0.000000433. The minimum Gasteiger partial charge on any atom is -0.508 e. The van der Waals surface area contributed by atoms with Gasteiger partial charge in [0, 0.05) is 23.6 Å². The number of hydrogen-bond donors (Lipinski definition) is 3. The summed E-state index contributed by atoms with van der Waals surface area (Å²) in [5, 5.41) is 22.2. The van der Waals surface area contributed by atoms with Crippen molar-refractivity contribution >= 4 is 17.6 Å². The molecule has 1 amide bonds. The maximum atomic E-state index is 11.9. The topological polar surface area (TPSA) is 95.9 Å². The Morgan fingerprint density at radius 3 is 2.38 bits per heavy atom. The Hall–Kier alpha value is -3.02. The Labute approximate surface area is 191 Å². The van der Waals surface area contributed by atoms with Crippen molar-refractivity contribution in [1.29, 1.82) is 0 Å². The molecule has 0 fully saturated rings. The van der Waals surface area contributed by atoms with E-state index in [0.29, 0.717) is 18.6 Å². The molecule has 0 bridgehead atoms. The average molecular weight is 444 g/mol. The van der Waals surface area contributed by atoms with Gasteiger partial charge < -0.3 is 20.3 Å². The molecule has 176 valence electrons. The van der Waals surface area contributed by atoms with Gasteiger partial charge in [-0.2, -0.15) is 0 Å². The summed E-state index contributed by atoms with van der Waals surface area (Å²) < 4.78 is 4.90. The number of carbonyl (C=O) groups is 2. The summed E-state index contributed by atoms with van der Waals surface area (Å²) in [5.41, 5.74) is 2.33. The fourth-order valence-corrected chi connectivity index (χ4v) is 2.63. The van der Waals surface area contributed by atoms with Crippen molar-refractivity contribution in [2.45, 2.75) is 60.3 Å². The first-order chi connectivity index (χ1) is 15.2. The number of carbonyl (C=O) groups excluding carboxylic acids is 2. The van der Waals surface area contributed by atoms with E-state index in [2.05, 4.69) is 12.2 Å². The zero-order chi connectivity index (χ0) is 24.1. The molecule has 6 heteroatoms. The lowest BCUT2D eigenvalue weighted by Gasteiger charge is -2.11. The Morgan fingerprint density at radius 2 is 1.75 bits per heavy atom. The second kappa shape index (κ2) is 14.1. The number of unbranched alkanes of at least 4 members (excludes halogenated alkanes) is 1. The lowest BCUT2D eigenvalue weighted by molar-refractivity contribution is -0.147. The molecule has 0 aliphatic rings. The van der Waals surface area contributed by atoms with E-state index in [1.807, 2.05) is 52.0 Å². The molecule has 1 atom stereocenters. The van der Waals surface area contributed by atoms with Crippen LogP contribution >= 0.6 is 0 Å². The fourth-order valence-electron chi connectivity index (χ4n) is 2.63. The van der Waals surface area contributed by atoms with Gasteiger partial charge >= 0.3 is 5.97 Å². The van der Waals surface area contributed by atoms with Gasteiger partial charge in [0.1, 0.15) is 11.5 Å².